The molecule has 0 radical (unpaired) electrons. The Morgan fingerprint density at radius 3 is 3.11 bits per heavy atom. The standard InChI is InChI=1S/C20H21ClN4OS/c1-2-15-13-27-20(22-15)14-6-5-10-24(12-14)18(26)9-8-16-19(21)23-17-7-3-4-11-25(16)17/h3-4,7-9,11,13-14H,2,5-6,10,12H2,1H3/b9-8+. The lowest BCUT2D eigenvalue weighted by atomic mass is 9.98. The lowest BCUT2D eigenvalue weighted by molar-refractivity contribution is -0.127. The molecule has 1 unspecified atom stereocenters. The van der Waals surface area contributed by atoms with Crippen LogP contribution in [-0.2, 0) is 11.2 Å². The van der Waals surface area contributed by atoms with Gasteiger partial charge in [0.1, 0.15) is 5.65 Å². The van der Waals surface area contributed by atoms with Crippen LogP contribution < -0.4 is 0 Å². The molecule has 4 heterocycles. The summed E-state index contributed by atoms with van der Waals surface area (Å²) in [6, 6.07) is 5.71. The van der Waals surface area contributed by atoms with Crippen molar-refractivity contribution in [3.05, 3.63) is 57.4 Å². The Labute approximate surface area is 167 Å². The number of pyridine rings is 1. The van der Waals surface area contributed by atoms with Crippen LogP contribution in [0.15, 0.2) is 35.9 Å². The van der Waals surface area contributed by atoms with Crippen molar-refractivity contribution in [1.29, 1.82) is 0 Å². The van der Waals surface area contributed by atoms with E-state index in [1.165, 1.54) is 0 Å². The summed E-state index contributed by atoms with van der Waals surface area (Å²) in [5.41, 5.74) is 2.63. The van der Waals surface area contributed by atoms with Gasteiger partial charge in [-0.1, -0.05) is 24.6 Å². The molecule has 1 aliphatic rings. The van der Waals surface area contributed by atoms with Crippen LogP contribution >= 0.6 is 22.9 Å². The number of fused-ring (bicyclic) bond motifs is 1. The van der Waals surface area contributed by atoms with Gasteiger partial charge in [-0.2, -0.15) is 0 Å². The van der Waals surface area contributed by atoms with Gasteiger partial charge in [0.15, 0.2) is 5.15 Å². The molecule has 4 rings (SSSR count). The summed E-state index contributed by atoms with van der Waals surface area (Å²) >= 11 is 7.95. The number of carbonyl (C=O) groups excluding carboxylic acids is 1. The van der Waals surface area contributed by atoms with Crippen LogP contribution in [0, 0.1) is 0 Å². The fourth-order valence-corrected chi connectivity index (χ4v) is 4.71. The maximum Gasteiger partial charge on any atom is 0.246 e. The number of piperidine rings is 1. The fourth-order valence-electron chi connectivity index (χ4n) is 3.44. The number of halogens is 1. The quantitative estimate of drug-likeness (QED) is 0.609. The molecule has 0 spiro atoms. The summed E-state index contributed by atoms with van der Waals surface area (Å²) in [6.45, 7) is 3.62. The van der Waals surface area contributed by atoms with E-state index in [4.69, 9.17) is 16.6 Å². The Morgan fingerprint density at radius 2 is 2.30 bits per heavy atom. The van der Waals surface area contributed by atoms with Gasteiger partial charge in [-0.3, -0.25) is 9.20 Å². The Kier molecular flexibility index (Phi) is 5.27. The molecule has 0 N–H and O–H groups in total. The SMILES string of the molecule is CCc1csc(C2CCCN(C(=O)/C=C/c3c(Cl)nc4ccccn34)C2)n1. The Hall–Kier alpha value is -2.18. The first-order chi connectivity index (χ1) is 13.2. The maximum absolute atomic E-state index is 12.7. The number of rotatable bonds is 4. The number of hydrogen-bond acceptors (Lipinski definition) is 4. The number of carbonyl (C=O) groups is 1. The van der Waals surface area contributed by atoms with Gasteiger partial charge >= 0.3 is 0 Å². The van der Waals surface area contributed by atoms with E-state index in [1.807, 2.05) is 33.7 Å². The van der Waals surface area contributed by atoms with E-state index < -0.39 is 0 Å². The van der Waals surface area contributed by atoms with Crippen molar-refractivity contribution in [1.82, 2.24) is 19.3 Å². The molecular weight excluding hydrogens is 380 g/mol. The number of hydrogen-bond donors (Lipinski definition) is 0. The monoisotopic (exact) mass is 400 g/mol. The first kappa shape index (κ1) is 18.2. The zero-order chi connectivity index (χ0) is 18.8. The predicted octanol–water partition coefficient (Wildman–Crippen LogP) is 4.43. The van der Waals surface area contributed by atoms with Crippen LogP contribution in [0.1, 0.15) is 42.1 Å². The van der Waals surface area contributed by atoms with Crippen LogP contribution in [-0.4, -0.2) is 38.3 Å². The Bertz CT molecular complexity index is 993. The number of aryl methyl sites for hydroxylation is 1. The average molecular weight is 401 g/mol. The zero-order valence-electron chi connectivity index (χ0n) is 15.1. The first-order valence-corrected chi connectivity index (χ1v) is 10.5. The third-order valence-corrected chi connectivity index (χ3v) is 6.25. The number of likely N-dealkylation sites (tertiary alicyclic amines) is 1. The topological polar surface area (TPSA) is 50.5 Å². The van der Waals surface area contributed by atoms with E-state index in [9.17, 15) is 4.79 Å². The van der Waals surface area contributed by atoms with Crippen LogP contribution in [0.3, 0.4) is 0 Å². The third-order valence-electron chi connectivity index (χ3n) is 4.92. The molecule has 0 aromatic carbocycles. The Morgan fingerprint density at radius 1 is 1.41 bits per heavy atom. The number of aromatic nitrogens is 3. The minimum Gasteiger partial charge on any atom is -0.338 e. The molecule has 3 aromatic rings. The summed E-state index contributed by atoms with van der Waals surface area (Å²) in [4.78, 5) is 23.7. The summed E-state index contributed by atoms with van der Waals surface area (Å²) in [6.07, 6.45) is 8.29. The van der Waals surface area contributed by atoms with Gasteiger partial charge < -0.3 is 4.90 Å². The molecule has 1 atom stereocenters. The van der Waals surface area contributed by atoms with E-state index in [-0.39, 0.29) is 5.91 Å². The molecule has 0 aliphatic carbocycles. The summed E-state index contributed by atoms with van der Waals surface area (Å²) < 4.78 is 1.88. The van der Waals surface area contributed by atoms with Crippen LogP contribution in [0.25, 0.3) is 11.7 Å². The molecule has 1 fully saturated rings. The van der Waals surface area contributed by atoms with Gasteiger partial charge in [-0.25, -0.2) is 9.97 Å². The molecule has 1 aliphatic heterocycles. The molecule has 3 aromatic heterocycles. The molecule has 140 valence electrons. The lowest BCUT2D eigenvalue weighted by Crippen LogP contribution is -2.38. The molecule has 7 heteroatoms. The normalized spacial score (nSPS) is 17.9. The van der Waals surface area contributed by atoms with Crippen molar-refractivity contribution < 1.29 is 4.79 Å². The number of nitrogens with zero attached hydrogens (tertiary/aromatic N) is 4. The van der Waals surface area contributed by atoms with Gasteiger partial charge in [0.25, 0.3) is 0 Å². The van der Waals surface area contributed by atoms with E-state index in [0.29, 0.717) is 11.1 Å². The largest absolute Gasteiger partial charge is 0.338 e. The lowest BCUT2D eigenvalue weighted by Gasteiger charge is -2.31. The summed E-state index contributed by atoms with van der Waals surface area (Å²) in [5, 5.41) is 3.68. The van der Waals surface area contributed by atoms with Gasteiger partial charge in [-0.15, -0.1) is 11.3 Å². The van der Waals surface area contributed by atoms with E-state index >= 15 is 0 Å². The Balaban J connectivity index is 1.48. The van der Waals surface area contributed by atoms with Crippen molar-refractivity contribution in [3.63, 3.8) is 0 Å². The molecule has 27 heavy (non-hydrogen) atoms. The molecule has 1 saturated heterocycles. The summed E-state index contributed by atoms with van der Waals surface area (Å²) in [7, 11) is 0. The first-order valence-electron chi connectivity index (χ1n) is 9.19. The smallest absolute Gasteiger partial charge is 0.246 e. The van der Waals surface area contributed by atoms with Crippen molar-refractivity contribution in [2.45, 2.75) is 32.1 Å². The van der Waals surface area contributed by atoms with Crippen molar-refractivity contribution in [3.8, 4) is 0 Å². The van der Waals surface area contributed by atoms with Gasteiger partial charge in [-0.05, 0) is 37.5 Å². The molecule has 0 bridgehead atoms. The second kappa shape index (κ2) is 7.82. The molecule has 0 saturated carbocycles. The highest BCUT2D eigenvalue weighted by Crippen LogP contribution is 2.29. The van der Waals surface area contributed by atoms with Gasteiger partial charge in [0, 0.05) is 36.7 Å². The molecule has 5 nitrogen and oxygen atoms in total. The predicted molar refractivity (Wildman–Crippen MR) is 109 cm³/mol. The van der Waals surface area contributed by atoms with Gasteiger partial charge in [0.2, 0.25) is 5.91 Å². The van der Waals surface area contributed by atoms with Crippen LogP contribution in [0.2, 0.25) is 5.15 Å². The highest BCUT2D eigenvalue weighted by molar-refractivity contribution is 7.09. The second-order valence-corrected chi connectivity index (χ2v) is 7.95. The molecular formula is C20H21ClN4OS. The van der Waals surface area contributed by atoms with E-state index in [0.717, 1.165) is 54.4 Å². The van der Waals surface area contributed by atoms with E-state index in [1.54, 1.807) is 23.5 Å². The highest BCUT2D eigenvalue weighted by Gasteiger charge is 2.25. The van der Waals surface area contributed by atoms with Crippen molar-refractivity contribution in [2.75, 3.05) is 13.1 Å². The van der Waals surface area contributed by atoms with Crippen molar-refractivity contribution in [2.24, 2.45) is 0 Å². The van der Waals surface area contributed by atoms with Crippen LogP contribution in [0.4, 0.5) is 0 Å². The average Bonchev–Trinajstić information content (AvgIpc) is 3.30. The van der Waals surface area contributed by atoms with E-state index in [2.05, 4.69) is 17.3 Å². The van der Waals surface area contributed by atoms with Gasteiger partial charge in [0.05, 0.1) is 16.4 Å². The second-order valence-electron chi connectivity index (χ2n) is 6.70. The summed E-state index contributed by atoms with van der Waals surface area (Å²) in [5.74, 6) is 0.342. The molecule has 1 amide bonds. The number of amides is 1. The maximum atomic E-state index is 12.7. The highest BCUT2D eigenvalue weighted by atomic mass is 35.5. The number of thiazole rings is 1. The third kappa shape index (κ3) is 3.77. The zero-order valence-corrected chi connectivity index (χ0v) is 16.7. The number of imidazole rings is 1. The minimum atomic E-state index is 0.00826. The fraction of sp³-hybridized carbons (Fsp3) is 0.350. The minimum absolute atomic E-state index is 0.00826. The van der Waals surface area contributed by atoms with Crippen molar-refractivity contribution >= 4 is 40.6 Å². The van der Waals surface area contributed by atoms with Crippen LogP contribution in [0.5, 0.6) is 0 Å².